The highest BCUT2D eigenvalue weighted by Gasteiger charge is 2.27. The van der Waals surface area contributed by atoms with E-state index in [0.717, 1.165) is 24.0 Å². The molecule has 0 aliphatic carbocycles. The second-order valence-electron chi connectivity index (χ2n) is 11.5. The van der Waals surface area contributed by atoms with Crippen LogP contribution >= 0.6 is 0 Å². The van der Waals surface area contributed by atoms with Crippen molar-refractivity contribution in [2.45, 2.75) is 53.2 Å². The molecule has 1 N–H and O–H groups in total. The van der Waals surface area contributed by atoms with Gasteiger partial charge in [-0.05, 0) is 50.5 Å². The fraction of sp³-hybridized carbons (Fsp3) is 0.448. The monoisotopic (exact) mass is 552 g/mol. The van der Waals surface area contributed by atoms with Crippen molar-refractivity contribution in [2.75, 3.05) is 36.5 Å². The van der Waals surface area contributed by atoms with E-state index >= 15 is 4.39 Å². The summed E-state index contributed by atoms with van der Waals surface area (Å²) in [5, 5.41) is 3.03. The van der Waals surface area contributed by atoms with E-state index in [9.17, 15) is 9.18 Å². The average Bonchev–Trinajstić information content (AvgIpc) is 2.88. The number of hydrogen-bond acceptors (Lipinski definition) is 8. The van der Waals surface area contributed by atoms with Gasteiger partial charge in [0.05, 0.1) is 25.0 Å². The Labute approximate surface area is 232 Å². The molecule has 3 aromatic rings. The number of carbonyl (C=O) groups is 1. The molecule has 0 fully saturated rings. The highest BCUT2D eigenvalue weighted by atomic mass is 19.1. The predicted octanol–water partition coefficient (Wildman–Crippen LogP) is 5.71. The summed E-state index contributed by atoms with van der Waals surface area (Å²) in [6, 6.07) is 6.58. The van der Waals surface area contributed by atoms with Crippen LogP contribution in [0.4, 0.5) is 31.0 Å². The molecular formula is C29H34F2N6O3. The molecule has 0 atom stereocenters. The lowest BCUT2D eigenvalue weighted by Crippen LogP contribution is -2.40. The molecule has 4 heterocycles. The number of nitrogens with zero attached hydrogens (tertiary/aromatic N) is 5. The fourth-order valence-electron chi connectivity index (χ4n) is 4.81. The third kappa shape index (κ3) is 6.08. The molecule has 212 valence electrons. The van der Waals surface area contributed by atoms with Crippen LogP contribution in [0.2, 0.25) is 0 Å². The standard InChI is InChI=1S/C29H34F2N6O3/c1-17(2)15-36-10-11-39-26-20(30)12-19(13-23(26)36)25-21(31)14-32-27(35-25)34-24-7-6-18-16-37(9-8-22(18)33-24)28(38)40-29(3,4)5/h6-7,12-14,17H,8-11,15-16H2,1-5H3,(H,32,33,34,35). The summed E-state index contributed by atoms with van der Waals surface area (Å²) in [7, 11) is 0. The Morgan fingerprint density at radius 1 is 1.15 bits per heavy atom. The van der Waals surface area contributed by atoms with E-state index < -0.39 is 17.2 Å². The van der Waals surface area contributed by atoms with E-state index in [0.29, 0.717) is 55.6 Å². The number of benzene rings is 1. The van der Waals surface area contributed by atoms with Gasteiger partial charge in [-0.25, -0.2) is 28.5 Å². The molecule has 2 aliphatic rings. The molecule has 0 unspecified atom stereocenters. The van der Waals surface area contributed by atoms with Crippen LogP contribution in [0, 0.1) is 17.6 Å². The van der Waals surface area contributed by atoms with Crippen LogP contribution in [0.3, 0.4) is 0 Å². The van der Waals surface area contributed by atoms with Crippen LogP contribution in [-0.2, 0) is 17.7 Å². The van der Waals surface area contributed by atoms with Crippen molar-refractivity contribution in [3.05, 3.63) is 53.4 Å². The maximum absolute atomic E-state index is 15.1. The summed E-state index contributed by atoms with van der Waals surface area (Å²) >= 11 is 0. The summed E-state index contributed by atoms with van der Waals surface area (Å²) in [6.07, 6.45) is 1.26. The summed E-state index contributed by atoms with van der Waals surface area (Å²) < 4.78 is 41.0. The smallest absolute Gasteiger partial charge is 0.410 e. The summed E-state index contributed by atoms with van der Waals surface area (Å²) in [6.45, 7) is 12.3. The number of ether oxygens (including phenoxy) is 2. The maximum atomic E-state index is 15.1. The first-order chi connectivity index (χ1) is 19.0. The lowest BCUT2D eigenvalue weighted by molar-refractivity contribution is 0.0223. The van der Waals surface area contributed by atoms with Crippen LogP contribution in [0.25, 0.3) is 11.3 Å². The molecule has 0 bridgehead atoms. The summed E-state index contributed by atoms with van der Waals surface area (Å²) in [5.41, 5.74) is 2.04. The third-order valence-corrected chi connectivity index (χ3v) is 6.52. The van der Waals surface area contributed by atoms with Crippen molar-refractivity contribution in [1.29, 1.82) is 0 Å². The second kappa shape index (κ2) is 10.9. The molecular weight excluding hydrogens is 518 g/mol. The van der Waals surface area contributed by atoms with Crippen LogP contribution in [-0.4, -0.2) is 57.8 Å². The van der Waals surface area contributed by atoms with Crippen LogP contribution in [0.1, 0.15) is 45.9 Å². The molecule has 0 radical (unpaired) electrons. The van der Waals surface area contributed by atoms with Gasteiger partial charge < -0.3 is 24.6 Å². The number of anilines is 3. The molecule has 11 heteroatoms. The van der Waals surface area contributed by atoms with Crippen molar-refractivity contribution < 1.29 is 23.0 Å². The van der Waals surface area contributed by atoms with Gasteiger partial charge >= 0.3 is 6.09 Å². The van der Waals surface area contributed by atoms with Gasteiger partial charge in [0.2, 0.25) is 5.95 Å². The number of fused-ring (bicyclic) bond motifs is 2. The van der Waals surface area contributed by atoms with Crippen molar-refractivity contribution in [2.24, 2.45) is 5.92 Å². The van der Waals surface area contributed by atoms with E-state index in [2.05, 4.69) is 39.0 Å². The van der Waals surface area contributed by atoms with Gasteiger partial charge in [-0.3, -0.25) is 0 Å². The SMILES string of the molecule is CC(C)CN1CCOc2c(F)cc(-c3nc(Nc4ccc5c(n4)CCN(C(=O)OC(C)(C)C)C5)ncc3F)cc21. The highest BCUT2D eigenvalue weighted by Crippen LogP contribution is 2.39. The number of halogens is 2. The van der Waals surface area contributed by atoms with Crippen LogP contribution in [0.5, 0.6) is 5.75 Å². The molecule has 0 saturated heterocycles. The molecule has 0 spiro atoms. The Hall–Kier alpha value is -4.02. The minimum absolute atomic E-state index is 0.0276. The fourth-order valence-corrected chi connectivity index (χ4v) is 4.81. The molecule has 0 saturated carbocycles. The molecule has 1 aromatic carbocycles. The minimum atomic E-state index is -0.669. The Morgan fingerprint density at radius 3 is 2.70 bits per heavy atom. The molecule has 1 amide bonds. The van der Waals surface area contributed by atoms with Gasteiger partial charge in [0.1, 0.15) is 23.7 Å². The van der Waals surface area contributed by atoms with E-state index in [4.69, 9.17) is 9.47 Å². The molecule has 40 heavy (non-hydrogen) atoms. The summed E-state index contributed by atoms with van der Waals surface area (Å²) in [4.78, 5) is 29.3. The van der Waals surface area contributed by atoms with Crippen LogP contribution in [0.15, 0.2) is 30.5 Å². The number of pyridine rings is 1. The van der Waals surface area contributed by atoms with Gasteiger partial charge in [0.25, 0.3) is 0 Å². The second-order valence-corrected chi connectivity index (χ2v) is 11.5. The number of nitrogens with one attached hydrogen (secondary N) is 1. The predicted molar refractivity (Wildman–Crippen MR) is 148 cm³/mol. The Balaban J connectivity index is 1.36. The topological polar surface area (TPSA) is 92.7 Å². The van der Waals surface area contributed by atoms with E-state index in [1.807, 2.05) is 26.8 Å². The largest absolute Gasteiger partial charge is 0.486 e. The van der Waals surface area contributed by atoms with Gasteiger partial charge in [0.15, 0.2) is 17.4 Å². The van der Waals surface area contributed by atoms with E-state index in [-0.39, 0.29) is 23.5 Å². The normalized spacial score (nSPS) is 14.9. The number of aromatic nitrogens is 3. The third-order valence-electron chi connectivity index (χ3n) is 6.52. The van der Waals surface area contributed by atoms with Crippen LogP contribution < -0.4 is 15.0 Å². The van der Waals surface area contributed by atoms with Gasteiger partial charge in [-0.2, -0.15) is 0 Å². The van der Waals surface area contributed by atoms with Crippen molar-refractivity contribution >= 4 is 23.5 Å². The van der Waals surface area contributed by atoms with Gasteiger partial charge in [-0.15, -0.1) is 0 Å². The van der Waals surface area contributed by atoms with Crippen molar-refractivity contribution in [3.8, 4) is 17.0 Å². The number of carbonyl (C=O) groups excluding carboxylic acids is 1. The number of amides is 1. The zero-order valence-electron chi connectivity index (χ0n) is 23.4. The molecule has 5 rings (SSSR count). The minimum Gasteiger partial charge on any atom is -0.486 e. The van der Waals surface area contributed by atoms with Gasteiger partial charge in [0, 0.05) is 30.8 Å². The van der Waals surface area contributed by atoms with Crippen molar-refractivity contribution in [3.63, 3.8) is 0 Å². The molecule has 9 nitrogen and oxygen atoms in total. The molecule has 2 aliphatic heterocycles. The first kappa shape index (κ1) is 27.5. The lowest BCUT2D eigenvalue weighted by atomic mass is 10.1. The maximum Gasteiger partial charge on any atom is 0.410 e. The summed E-state index contributed by atoms with van der Waals surface area (Å²) in [5.74, 6) is -0.0951. The number of rotatable bonds is 5. The lowest BCUT2D eigenvalue weighted by Gasteiger charge is -2.33. The number of hydrogen-bond donors (Lipinski definition) is 1. The zero-order chi connectivity index (χ0) is 28.6. The van der Waals surface area contributed by atoms with E-state index in [1.54, 1.807) is 17.0 Å². The Bertz CT molecular complexity index is 1430. The van der Waals surface area contributed by atoms with E-state index in [1.165, 1.54) is 6.07 Å². The Morgan fingerprint density at radius 2 is 1.95 bits per heavy atom. The van der Waals surface area contributed by atoms with Gasteiger partial charge in [-0.1, -0.05) is 19.9 Å². The molecule has 2 aromatic heterocycles. The quantitative estimate of drug-likeness (QED) is 0.431. The Kier molecular flexibility index (Phi) is 7.48. The average molecular weight is 553 g/mol. The first-order valence-corrected chi connectivity index (χ1v) is 13.4. The van der Waals surface area contributed by atoms with Crippen molar-refractivity contribution in [1.82, 2.24) is 19.9 Å². The first-order valence-electron chi connectivity index (χ1n) is 13.4. The highest BCUT2D eigenvalue weighted by molar-refractivity contribution is 5.73. The zero-order valence-corrected chi connectivity index (χ0v) is 23.4.